The number of nitro benzene ring substituents is 1. The Balaban J connectivity index is 2.07. The van der Waals surface area contributed by atoms with Crippen LogP contribution < -0.4 is 10.6 Å². The highest BCUT2D eigenvalue weighted by Crippen LogP contribution is 2.22. The fourth-order valence-corrected chi connectivity index (χ4v) is 2.24. The van der Waals surface area contributed by atoms with Gasteiger partial charge in [-0.2, -0.15) is 0 Å². The number of non-ortho nitro benzene ring substituents is 1. The molecule has 0 saturated heterocycles. The van der Waals surface area contributed by atoms with Crippen molar-refractivity contribution in [2.45, 2.75) is 0 Å². The Morgan fingerprint density at radius 1 is 1.16 bits per heavy atom. The first kappa shape index (κ1) is 18.3. The molecule has 0 aliphatic carbocycles. The molecule has 2 rings (SSSR count). The largest absolute Gasteiger partial charge is 0.478 e. The molecule has 2 aromatic carbocycles. The van der Waals surface area contributed by atoms with Crippen molar-refractivity contribution in [3.05, 3.63) is 68.7 Å². The van der Waals surface area contributed by atoms with Crippen molar-refractivity contribution in [3.63, 3.8) is 0 Å². The molecule has 0 heterocycles. The Morgan fingerprint density at radius 2 is 1.80 bits per heavy atom. The van der Waals surface area contributed by atoms with Crippen LogP contribution in [-0.2, 0) is 0 Å². The second-order valence-corrected chi connectivity index (χ2v) is 5.53. The number of nitrogens with one attached hydrogen (secondary N) is 2. The number of anilines is 1. The summed E-state index contributed by atoms with van der Waals surface area (Å²) in [5.41, 5.74) is 0.184. The van der Waals surface area contributed by atoms with Gasteiger partial charge in [0.05, 0.1) is 21.1 Å². The average molecular weight is 380 g/mol. The third-order valence-electron chi connectivity index (χ3n) is 3.02. The van der Waals surface area contributed by atoms with Gasteiger partial charge in [-0.15, -0.1) is 0 Å². The second-order valence-electron chi connectivity index (χ2n) is 4.71. The van der Waals surface area contributed by atoms with Crippen LogP contribution in [0.25, 0.3) is 0 Å². The first-order chi connectivity index (χ1) is 11.8. The molecule has 0 aromatic heterocycles. The van der Waals surface area contributed by atoms with E-state index >= 15 is 0 Å². The van der Waals surface area contributed by atoms with E-state index in [0.29, 0.717) is 5.69 Å². The number of hydrogen-bond acceptors (Lipinski definition) is 5. The summed E-state index contributed by atoms with van der Waals surface area (Å²) < 4.78 is 0. The number of carboxylic acids is 1. The maximum absolute atomic E-state index is 12.2. The second kappa shape index (κ2) is 7.69. The van der Waals surface area contributed by atoms with Gasteiger partial charge in [0, 0.05) is 17.8 Å². The molecule has 0 radical (unpaired) electrons. The lowest BCUT2D eigenvalue weighted by atomic mass is 10.2. The molecule has 128 valence electrons. The van der Waals surface area contributed by atoms with Crippen molar-refractivity contribution in [3.8, 4) is 0 Å². The number of rotatable bonds is 4. The molecular weight excluding hydrogens is 370 g/mol. The number of carbonyl (C=O) groups excluding carboxylic acids is 1. The highest BCUT2D eigenvalue weighted by atomic mass is 35.5. The SMILES string of the molecule is O=C(O)c1ccc(NC(=S)NC(=O)c2cc([N+](=O)[O-])ccc2Cl)cc1. The highest BCUT2D eigenvalue weighted by molar-refractivity contribution is 7.80. The normalized spacial score (nSPS) is 9.96. The molecule has 8 nitrogen and oxygen atoms in total. The van der Waals surface area contributed by atoms with E-state index in [1.54, 1.807) is 0 Å². The van der Waals surface area contributed by atoms with Gasteiger partial charge in [0.1, 0.15) is 0 Å². The number of nitro groups is 1. The van der Waals surface area contributed by atoms with Gasteiger partial charge >= 0.3 is 5.97 Å². The van der Waals surface area contributed by atoms with E-state index in [9.17, 15) is 19.7 Å². The van der Waals surface area contributed by atoms with Crippen LogP contribution in [0.1, 0.15) is 20.7 Å². The zero-order valence-corrected chi connectivity index (χ0v) is 13.9. The van der Waals surface area contributed by atoms with Gasteiger partial charge in [0.2, 0.25) is 0 Å². The fourth-order valence-electron chi connectivity index (χ4n) is 1.83. The number of benzene rings is 2. The first-order valence-corrected chi connectivity index (χ1v) is 7.46. The summed E-state index contributed by atoms with van der Waals surface area (Å²) in [5.74, 6) is -1.78. The van der Waals surface area contributed by atoms with E-state index < -0.39 is 16.8 Å². The standard InChI is InChI=1S/C15H10ClN3O5S/c16-12-6-5-10(19(23)24)7-11(12)13(20)18-15(25)17-9-3-1-8(2-4-9)14(21)22/h1-7H,(H,21,22)(H2,17,18,20,25). The molecule has 0 aliphatic rings. The average Bonchev–Trinajstić information content (AvgIpc) is 2.55. The molecule has 0 atom stereocenters. The van der Waals surface area contributed by atoms with Gasteiger partial charge in [-0.25, -0.2) is 4.79 Å². The molecule has 1 amide bonds. The predicted octanol–water partition coefficient (Wildman–Crippen LogP) is 3.07. The molecule has 0 aliphatic heterocycles. The zero-order valence-electron chi connectivity index (χ0n) is 12.4. The Morgan fingerprint density at radius 3 is 2.36 bits per heavy atom. The molecule has 10 heteroatoms. The summed E-state index contributed by atoms with van der Waals surface area (Å²) in [6, 6.07) is 9.15. The Labute approximate surface area is 151 Å². The fraction of sp³-hybridized carbons (Fsp3) is 0. The Hall–Kier alpha value is -3.04. The van der Waals surface area contributed by atoms with E-state index in [-0.39, 0.29) is 26.9 Å². The minimum absolute atomic E-state index is 0.0386. The number of amides is 1. The maximum atomic E-state index is 12.2. The van der Waals surface area contributed by atoms with Crippen molar-refractivity contribution in [1.82, 2.24) is 5.32 Å². The van der Waals surface area contributed by atoms with Crippen LogP contribution >= 0.6 is 23.8 Å². The Kier molecular flexibility index (Phi) is 5.63. The summed E-state index contributed by atoms with van der Waals surface area (Å²) in [7, 11) is 0. The summed E-state index contributed by atoms with van der Waals surface area (Å²) in [5, 5.41) is 24.6. The lowest BCUT2D eigenvalue weighted by molar-refractivity contribution is -0.384. The van der Waals surface area contributed by atoms with Crippen LogP contribution in [-0.4, -0.2) is 27.0 Å². The summed E-state index contributed by atoms with van der Waals surface area (Å²) in [6.45, 7) is 0. The van der Waals surface area contributed by atoms with Gasteiger partial charge in [0.15, 0.2) is 5.11 Å². The van der Waals surface area contributed by atoms with E-state index in [4.69, 9.17) is 28.9 Å². The van der Waals surface area contributed by atoms with Crippen LogP contribution in [0.3, 0.4) is 0 Å². The number of carbonyl (C=O) groups is 2. The highest BCUT2D eigenvalue weighted by Gasteiger charge is 2.17. The van der Waals surface area contributed by atoms with Crippen molar-refractivity contribution >= 4 is 52.2 Å². The minimum atomic E-state index is -1.07. The van der Waals surface area contributed by atoms with Crippen LogP contribution in [0.15, 0.2) is 42.5 Å². The summed E-state index contributed by atoms with van der Waals surface area (Å²) >= 11 is 10.9. The van der Waals surface area contributed by atoms with Gasteiger partial charge in [-0.3, -0.25) is 20.2 Å². The molecular formula is C15H10ClN3O5S. The molecule has 3 N–H and O–H groups in total. The van der Waals surface area contributed by atoms with E-state index in [1.165, 1.54) is 36.4 Å². The van der Waals surface area contributed by atoms with E-state index in [2.05, 4.69) is 10.6 Å². The van der Waals surface area contributed by atoms with Crippen molar-refractivity contribution < 1.29 is 19.6 Å². The summed E-state index contributed by atoms with van der Waals surface area (Å²) in [4.78, 5) is 33.1. The third kappa shape index (κ3) is 4.72. The smallest absolute Gasteiger partial charge is 0.335 e. The maximum Gasteiger partial charge on any atom is 0.335 e. The van der Waals surface area contributed by atoms with Crippen LogP contribution in [0.2, 0.25) is 5.02 Å². The molecule has 0 spiro atoms. The van der Waals surface area contributed by atoms with E-state index in [0.717, 1.165) is 6.07 Å². The van der Waals surface area contributed by atoms with Crippen LogP contribution in [0, 0.1) is 10.1 Å². The number of carboxylic acid groups (broad SMARTS) is 1. The van der Waals surface area contributed by atoms with Crippen LogP contribution in [0.5, 0.6) is 0 Å². The zero-order chi connectivity index (χ0) is 18.6. The van der Waals surface area contributed by atoms with Gasteiger partial charge in [0.25, 0.3) is 11.6 Å². The molecule has 0 unspecified atom stereocenters. The topological polar surface area (TPSA) is 122 Å². The number of aromatic carboxylic acids is 1. The predicted molar refractivity (Wildman–Crippen MR) is 95.2 cm³/mol. The first-order valence-electron chi connectivity index (χ1n) is 6.67. The molecule has 25 heavy (non-hydrogen) atoms. The molecule has 0 bridgehead atoms. The lowest BCUT2D eigenvalue weighted by Crippen LogP contribution is -2.34. The molecule has 0 saturated carbocycles. The van der Waals surface area contributed by atoms with Gasteiger partial charge in [-0.05, 0) is 42.5 Å². The number of thiocarbonyl (C=S) groups is 1. The van der Waals surface area contributed by atoms with Crippen molar-refractivity contribution in [2.75, 3.05) is 5.32 Å². The van der Waals surface area contributed by atoms with Gasteiger partial charge in [-0.1, -0.05) is 11.6 Å². The number of hydrogen-bond donors (Lipinski definition) is 3. The minimum Gasteiger partial charge on any atom is -0.478 e. The quantitative estimate of drug-likeness (QED) is 0.424. The van der Waals surface area contributed by atoms with Crippen LogP contribution in [0.4, 0.5) is 11.4 Å². The van der Waals surface area contributed by atoms with Crippen molar-refractivity contribution in [1.29, 1.82) is 0 Å². The van der Waals surface area contributed by atoms with Crippen molar-refractivity contribution in [2.24, 2.45) is 0 Å². The van der Waals surface area contributed by atoms with E-state index in [1.807, 2.05) is 0 Å². The Bertz CT molecular complexity index is 870. The number of nitrogens with zero attached hydrogens (tertiary/aromatic N) is 1. The van der Waals surface area contributed by atoms with Gasteiger partial charge < -0.3 is 10.4 Å². The summed E-state index contributed by atoms with van der Waals surface area (Å²) in [6.07, 6.45) is 0. The lowest BCUT2D eigenvalue weighted by Gasteiger charge is -2.10. The molecule has 0 fully saturated rings. The third-order valence-corrected chi connectivity index (χ3v) is 3.56. The number of halogens is 1. The monoisotopic (exact) mass is 379 g/mol. The molecule has 2 aromatic rings.